The van der Waals surface area contributed by atoms with Crippen LogP contribution >= 0.6 is 0 Å². The highest BCUT2D eigenvalue weighted by molar-refractivity contribution is 6.08. The number of fused-ring (bicyclic) bond motifs is 5. The maximum atomic E-state index is 13.4. The molecule has 1 heterocycles. The Morgan fingerprint density at radius 3 is 2.32 bits per heavy atom. The number of nitrogens with one attached hydrogen (secondary N) is 1. The summed E-state index contributed by atoms with van der Waals surface area (Å²) in [7, 11) is 0. The maximum Gasteiger partial charge on any atom is 0.330 e. The van der Waals surface area contributed by atoms with Crippen molar-refractivity contribution in [1.29, 1.82) is 0 Å². The Morgan fingerprint density at radius 1 is 1.00 bits per heavy atom. The van der Waals surface area contributed by atoms with Crippen LogP contribution in [-0.4, -0.2) is 41.2 Å². The number of ether oxygens (including phenoxy) is 1. The summed E-state index contributed by atoms with van der Waals surface area (Å²) in [5.74, 6) is -1.92. The van der Waals surface area contributed by atoms with Crippen LogP contribution in [0.1, 0.15) is 30.4 Å². The molecule has 34 heavy (non-hydrogen) atoms. The highest BCUT2D eigenvalue weighted by Gasteiger charge is 2.62. The van der Waals surface area contributed by atoms with Gasteiger partial charge in [-0.1, -0.05) is 42.5 Å². The van der Waals surface area contributed by atoms with Gasteiger partial charge in [0.15, 0.2) is 6.61 Å². The summed E-state index contributed by atoms with van der Waals surface area (Å²) in [5.41, 5.74) is 2.41. The standard InChI is InChI=1S/C27H28N2O5/c1-16-6-5-9-20(12-16)28-22(30)15-34-27(33)21(13-17-7-3-2-4-8-17)29-25(31)23-18-10-11-19(14-18)24(23)26(29)32/h2-9,12,18-19,21,23-24H,10-11,13-15H2,1H3,(H,28,30)/t18-,19-,21-,23-,24-/m0/s1. The van der Waals surface area contributed by atoms with Gasteiger partial charge in [0, 0.05) is 12.1 Å². The van der Waals surface area contributed by atoms with Crippen molar-refractivity contribution in [2.45, 2.75) is 38.6 Å². The summed E-state index contributed by atoms with van der Waals surface area (Å²) in [6.45, 7) is 1.42. The van der Waals surface area contributed by atoms with E-state index in [9.17, 15) is 19.2 Å². The van der Waals surface area contributed by atoms with E-state index in [0.717, 1.165) is 35.3 Å². The van der Waals surface area contributed by atoms with Crippen LogP contribution in [0.2, 0.25) is 0 Å². The van der Waals surface area contributed by atoms with Gasteiger partial charge in [-0.15, -0.1) is 0 Å². The van der Waals surface area contributed by atoms with Crippen molar-refractivity contribution in [3.63, 3.8) is 0 Å². The number of amides is 3. The number of likely N-dealkylation sites (tertiary alicyclic amines) is 1. The number of carbonyl (C=O) groups is 4. The van der Waals surface area contributed by atoms with E-state index in [1.54, 1.807) is 6.07 Å². The fraction of sp³-hybridized carbons (Fsp3) is 0.407. The molecule has 1 saturated heterocycles. The number of carbonyl (C=O) groups excluding carboxylic acids is 4. The van der Waals surface area contributed by atoms with E-state index in [1.165, 1.54) is 0 Å². The van der Waals surface area contributed by atoms with Gasteiger partial charge in [0.25, 0.3) is 5.91 Å². The summed E-state index contributed by atoms with van der Waals surface area (Å²) in [6.07, 6.45) is 3.01. The van der Waals surface area contributed by atoms with Gasteiger partial charge in [-0.2, -0.15) is 0 Å². The Bertz CT molecular complexity index is 1100. The average Bonchev–Trinajstić information content (AvgIpc) is 3.51. The quantitative estimate of drug-likeness (QED) is 0.506. The maximum absolute atomic E-state index is 13.4. The topological polar surface area (TPSA) is 92.8 Å². The summed E-state index contributed by atoms with van der Waals surface area (Å²) >= 11 is 0. The van der Waals surface area contributed by atoms with Gasteiger partial charge >= 0.3 is 5.97 Å². The second-order valence-corrected chi connectivity index (χ2v) is 9.66. The van der Waals surface area contributed by atoms with Crippen LogP contribution < -0.4 is 5.32 Å². The molecule has 2 bridgehead atoms. The summed E-state index contributed by atoms with van der Waals surface area (Å²) in [6, 6.07) is 15.5. The minimum Gasteiger partial charge on any atom is -0.454 e. The molecule has 176 valence electrons. The van der Waals surface area contributed by atoms with Crippen molar-refractivity contribution < 1.29 is 23.9 Å². The number of hydrogen-bond donors (Lipinski definition) is 1. The molecule has 0 aromatic heterocycles. The minimum absolute atomic E-state index is 0.158. The normalized spacial score (nSPS) is 25.9. The second kappa shape index (κ2) is 9.05. The summed E-state index contributed by atoms with van der Waals surface area (Å²) in [5, 5.41) is 2.70. The molecule has 0 radical (unpaired) electrons. The zero-order valence-corrected chi connectivity index (χ0v) is 19.1. The second-order valence-electron chi connectivity index (χ2n) is 9.66. The van der Waals surface area contributed by atoms with Crippen molar-refractivity contribution in [2.75, 3.05) is 11.9 Å². The smallest absolute Gasteiger partial charge is 0.330 e. The lowest BCUT2D eigenvalue weighted by Gasteiger charge is -2.26. The molecule has 7 nitrogen and oxygen atoms in total. The molecular formula is C27H28N2O5. The van der Waals surface area contributed by atoms with Crippen molar-refractivity contribution >= 4 is 29.4 Å². The molecule has 3 aliphatic rings. The number of aryl methyl sites for hydroxylation is 1. The third-order valence-corrected chi connectivity index (χ3v) is 7.46. The first-order valence-electron chi connectivity index (χ1n) is 11.9. The number of hydrogen-bond acceptors (Lipinski definition) is 5. The zero-order valence-electron chi connectivity index (χ0n) is 19.1. The van der Waals surface area contributed by atoms with Gasteiger partial charge in [0.05, 0.1) is 11.8 Å². The third kappa shape index (κ3) is 4.11. The monoisotopic (exact) mass is 460 g/mol. The summed E-state index contributed by atoms with van der Waals surface area (Å²) in [4.78, 5) is 53.4. The van der Waals surface area contributed by atoms with Crippen LogP contribution in [0, 0.1) is 30.6 Å². The van der Waals surface area contributed by atoms with Crippen LogP contribution in [0.3, 0.4) is 0 Å². The van der Waals surface area contributed by atoms with Crippen LogP contribution in [0.5, 0.6) is 0 Å². The van der Waals surface area contributed by atoms with Crippen molar-refractivity contribution in [3.05, 3.63) is 65.7 Å². The molecular weight excluding hydrogens is 432 g/mol. The van der Waals surface area contributed by atoms with Crippen LogP contribution in [-0.2, 0) is 30.3 Å². The highest BCUT2D eigenvalue weighted by Crippen LogP contribution is 2.56. The van der Waals surface area contributed by atoms with E-state index >= 15 is 0 Å². The van der Waals surface area contributed by atoms with E-state index in [0.29, 0.717) is 5.69 Å². The molecule has 2 aromatic carbocycles. The molecule has 1 N–H and O–H groups in total. The lowest BCUT2D eigenvalue weighted by atomic mass is 9.81. The van der Waals surface area contributed by atoms with Gasteiger partial charge < -0.3 is 10.1 Å². The number of rotatable bonds is 7. The van der Waals surface area contributed by atoms with Gasteiger partial charge in [-0.05, 0) is 61.3 Å². The number of esters is 1. The Kier molecular flexibility index (Phi) is 5.94. The van der Waals surface area contributed by atoms with Crippen LogP contribution in [0.4, 0.5) is 5.69 Å². The van der Waals surface area contributed by atoms with Crippen LogP contribution in [0.15, 0.2) is 54.6 Å². The zero-order chi connectivity index (χ0) is 23.8. The van der Waals surface area contributed by atoms with Gasteiger partial charge in [0.2, 0.25) is 11.8 Å². The lowest BCUT2D eigenvalue weighted by molar-refractivity contribution is -0.160. The Balaban J connectivity index is 1.32. The minimum atomic E-state index is -1.08. The van der Waals surface area contributed by atoms with E-state index in [2.05, 4.69) is 5.32 Å². The molecule has 0 unspecified atom stereocenters. The fourth-order valence-electron chi connectivity index (χ4n) is 6.01. The van der Waals surface area contributed by atoms with Crippen molar-refractivity contribution in [3.8, 4) is 0 Å². The van der Waals surface area contributed by atoms with Gasteiger partial charge in [-0.25, -0.2) is 4.79 Å². The number of benzene rings is 2. The molecule has 3 amide bonds. The SMILES string of the molecule is Cc1cccc(NC(=O)COC(=O)[C@H](Cc2ccccc2)N2C(=O)[C@H]3[C@H]4CC[C@@H](C4)[C@@H]3C2=O)c1. The molecule has 5 atom stereocenters. The van der Waals surface area contributed by atoms with E-state index in [1.807, 2.05) is 55.5 Å². The van der Waals surface area contributed by atoms with E-state index in [4.69, 9.17) is 4.74 Å². The predicted octanol–water partition coefficient (Wildman–Crippen LogP) is 3.12. The van der Waals surface area contributed by atoms with E-state index in [-0.39, 0.29) is 41.9 Å². The van der Waals surface area contributed by atoms with E-state index < -0.39 is 24.5 Å². The summed E-state index contributed by atoms with van der Waals surface area (Å²) < 4.78 is 5.34. The molecule has 5 rings (SSSR count). The lowest BCUT2D eigenvalue weighted by Crippen LogP contribution is -2.48. The molecule has 0 spiro atoms. The first kappa shape index (κ1) is 22.3. The first-order chi connectivity index (χ1) is 16.4. The van der Waals surface area contributed by atoms with Gasteiger partial charge in [-0.3, -0.25) is 19.3 Å². The highest BCUT2D eigenvalue weighted by atomic mass is 16.5. The molecule has 7 heteroatoms. The van der Waals surface area contributed by atoms with Crippen molar-refractivity contribution in [2.24, 2.45) is 23.7 Å². The fourth-order valence-corrected chi connectivity index (χ4v) is 6.01. The molecule has 3 fully saturated rings. The molecule has 2 saturated carbocycles. The van der Waals surface area contributed by atoms with Gasteiger partial charge in [0.1, 0.15) is 6.04 Å². The number of anilines is 1. The number of nitrogens with zero attached hydrogens (tertiary/aromatic N) is 1. The van der Waals surface area contributed by atoms with Crippen LogP contribution in [0.25, 0.3) is 0 Å². The molecule has 1 aliphatic heterocycles. The third-order valence-electron chi connectivity index (χ3n) is 7.46. The Morgan fingerprint density at radius 2 is 1.68 bits per heavy atom. The Hall–Kier alpha value is -3.48. The predicted molar refractivity (Wildman–Crippen MR) is 124 cm³/mol. The van der Waals surface area contributed by atoms with Crippen molar-refractivity contribution in [1.82, 2.24) is 4.90 Å². The number of imide groups is 1. The first-order valence-corrected chi connectivity index (χ1v) is 11.9. The molecule has 2 aromatic rings. The largest absolute Gasteiger partial charge is 0.454 e. The Labute approximate surface area is 198 Å². The molecule has 2 aliphatic carbocycles. The average molecular weight is 461 g/mol.